The Balaban J connectivity index is 3.21. The summed E-state index contributed by atoms with van der Waals surface area (Å²) in [7, 11) is 2.97. The largest absolute Gasteiger partial charge is 0.496 e. The molecule has 0 bridgehead atoms. The summed E-state index contributed by atoms with van der Waals surface area (Å²) in [6.07, 6.45) is 0. The van der Waals surface area contributed by atoms with Gasteiger partial charge in [-0.1, -0.05) is 0 Å². The summed E-state index contributed by atoms with van der Waals surface area (Å²) in [6, 6.07) is 3.57. The molecule has 0 unspecified atom stereocenters. The number of carbonyl (C=O) groups excluding carboxylic acids is 1. The molecule has 1 aromatic rings. The first-order valence-corrected chi connectivity index (χ1v) is 5.87. The van der Waals surface area contributed by atoms with Crippen molar-refractivity contribution in [2.45, 2.75) is 0 Å². The Hall–Kier alpha value is -0.0500. The molecule has 0 saturated heterocycles. The van der Waals surface area contributed by atoms with Crippen LogP contribution in [0.1, 0.15) is 10.4 Å². The molecule has 0 atom stereocenters. The Bertz CT molecular complexity index is 363. The maximum absolute atomic E-state index is 11.3. The van der Waals surface area contributed by atoms with Crippen LogP contribution >= 0.6 is 45.2 Å². The van der Waals surface area contributed by atoms with Gasteiger partial charge in [-0.3, -0.25) is 0 Å². The van der Waals surface area contributed by atoms with Crippen LogP contribution in [0, 0.1) is 7.14 Å². The van der Waals surface area contributed by atoms with Crippen molar-refractivity contribution in [2.24, 2.45) is 0 Å². The summed E-state index contributed by atoms with van der Waals surface area (Å²) < 4.78 is 11.5. The zero-order chi connectivity index (χ0) is 10.7. The molecule has 14 heavy (non-hydrogen) atoms. The summed E-state index contributed by atoms with van der Waals surface area (Å²) in [5.74, 6) is 0.442. The summed E-state index contributed by atoms with van der Waals surface area (Å²) in [5.41, 5.74) is 0.568. The maximum atomic E-state index is 11.3. The average molecular weight is 418 g/mol. The predicted octanol–water partition coefficient (Wildman–Crippen LogP) is 2.69. The van der Waals surface area contributed by atoms with Crippen molar-refractivity contribution < 1.29 is 14.3 Å². The van der Waals surface area contributed by atoms with Gasteiger partial charge in [0.25, 0.3) is 0 Å². The molecule has 3 nitrogen and oxygen atoms in total. The molecular weight excluding hydrogens is 410 g/mol. The van der Waals surface area contributed by atoms with Gasteiger partial charge in [-0.2, -0.15) is 0 Å². The highest BCUT2D eigenvalue weighted by atomic mass is 127. The minimum absolute atomic E-state index is 0.324. The number of halogens is 2. The second kappa shape index (κ2) is 5.15. The molecule has 5 heteroatoms. The quantitative estimate of drug-likeness (QED) is 0.548. The van der Waals surface area contributed by atoms with Gasteiger partial charge >= 0.3 is 5.97 Å². The fourth-order valence-electron chi connectivity index (χ4n) is 0.951. The Morgan fingerprint density at radius 3 is 2.36 bits per heavy atom. The number of carbonyl (C=O) groups is 1. The van der Waals surface area contributed by atoms with E-state index in [-0.39, 0.29) is 5.97 Å². The molecule has 0 aliphatic carbocycles. The van der Waals surface area contributed by atoms with Gasteiger partial charge in [0.15, 0.2) is 0 Å². The van der Waals surface area contributed by atoms with Crippen LogP contribution in [-0.4, -0.2) is 20.2 Å². The highest BCUT2D eigenvalue weighted by Crippen LogP contribution is 2.26. The number of rotatable bonds is 2. The van der Waals surface area contributed by atoms with Gasteiger partial charge in [0, 0.05) is 3.57 Å². The normalized spacial score (nSPS) is 9.71. The van der Waals surface area contributed by atoms with E-state index >= 15 is 0 Å². The van der Waals surface area contributed by atoms with Crippen molar-refractivity contribution in [2.75, 3.05) is 14.2 Å². The third-order valence-electron chi connectivity index (χ3n) is 1.65. The van der Waals surface area contributed by atoms with Crippen LogP contribution in [0.5, 0.6) is 5.75 Å². The first-order valence-electron chi connectivity index (χ1n) is 3.71. The highest BCUT2D eigenvalue weighted by Gasteiger charge is 2.13. The lowest BCUT2D eigenvalue weighted by Gasteiger charge is -2.07. The monoisotopic (exact) mass is 418 g/mol. The third kappa shape index (κ3) is 2.50. The second-order valence-corrected chi connectivity index (χ2v) is 4.78. The van der Waals surface area contributed by atoms with Gasteiger partial charge in [-0.15, -0.1) is 0 Å². The summed E-state index contributed by atoms with van der Waals surface area (Å²) in [5, 5.41) is 0. The van der Waals surface area contributed by atoms with Crippen LogP contribution in [0.4, 0.5) is 0 Å². The molecule has 0 aromatic heterocycles. The number of hydrogen-bond acceptors (Lipinski definition) is 3. The van der Waals surface area contributed by atoms with E-state index in [1.54, 1.807) is 13.2 Å². The zero-order valence-electron chi connectivity index (χ0n) is 7.64. The minimum Gasteiger partial charge on any atom is -0.496 e. The molecule has 1 rings (SSSR count). The van der Waals surface area contributed by atoms with Gasteiger partial charge in [0.1, 0.15) is 5.75 Å². The SMILES string of the molecule is COC(=O)c1cc(I)c(OC)cc1I. The molecule has 0 spiro atoms. The Kier molecular flexibility index (Phi) is 4.42. The first-order chi connectivity index (χ1) is 6.60. The van der Waals surface area contributed by atoms with E-state index in [0.717, 1.165) is 12.9 Å². The molecule has 0 N–H and O–H groups in total. The van der Waals surface area contributed by atoms with E-state index in [0.29, 0.717) is 5.56 Å². The number of esters is 1. The smallest absolute Gasteiger partial charge is 0.338 e. The molecule has 0 aliphatic rings. The maximum Gasteiger partial charge on any atom is 0.338 e. The number of methoxy groups -OCH3 is 2. The van der Waals surface area contributed by atoms with E-state index < -0.39 is 0 Å². The van der Waals surface area contributed by atoms with Gasteiger partial charge in [0.05, 0.1) is 23.4 Å². The number of benzene rings is 1. The Morgan fingerprint density at radius 1 is 1.21 bits per heavy atom. The molecule has 0 heterocycles. The van der Waals surface area contributed by atoms with Crippen molar-refractivity contribution in [3.63, 3.8) is 0 Å². The van der Waals surface area contributed by atoms with Crippen LogP contribution in [0.25, 0.3) is 0 Å². The van der Waals surface area contributed by atoms with Crippen molar-refractivity contribution in [1.82, 2.24) is 0 Å². The van der Waals surface area contributed by atoms with E-state index in [2.05, 4.69) is 49.9 Å². The van der Waals surface area contributed by atoms with E-state index in [1.165, 1.54) is 7.11 Å². The van der Waals surface area contributed by atoms with Crippen LogP contribution < -0.4 is 4.74 Å². The third-order valence-corrected chi connectivity index (χ3v) is 3.38. The van der Waals surface area contributed by atoms with E-state index in [9.17, 15) is 4.79 Å². The zero-order valence-corrected chi connectivity index (χ0v) is 12.0. The van der Waals surface area contributed by atoms with Gasteiger partial charge < -0.3 is 9.47 Å². The highest BCUT2D eigenvalue weighted by molar-refractivity contribution is 14.1. The van der Waals surface area contributed by atoms with Crippen molar-refractivity contribution in [3.8, 4) is 5.75 Å². The lowest BCUT2D eigenvalue weighted by Crippen LogP contribution is -2.05. The molecule has 0 fully saturated rings. The fourth-order valence-corrected chi connectivity index (χ4v) is 2.30. The van der Waals surface area contributed by atoms with E-state index in [4.69, 9.17) is 4.74 Å². The van der Waals surface area contributed by atoms with Gasteiger partial charge in [-0.25, -0.2) is 4.79 Å². The molecule has 0 aliphatic heterocycles. The van der Waals surface area contributed by atoms with Gasteiger partial charge in [0.2, 0.25) is 0 Å². The fraction of sp³-hybridized carbons (Fsp3) is 0.222. The summed E-state index contributed by atoms with van der Waals surface area (Å²) in [6.45, 7) is 0. The van der Waals surface area contributed by atoms with Crippen molar-refractivity contribution in [3.05, 3.63) is 24.8 Å². The summed E-state index contributed by atoms with van der Waals surface area (Å²) in [4.78, 5) is 11.3. The summed E-state index contributed by atoms with van der Waals surface area (Å²) >= 11 is 4.20. The Morgan fingerprint density at radius 2 is 1.86 bits per heavy atom. The lowest BCUT2D eigenvalue weighted by atomic mass is 10.2. The van der Waals surface area contributed by atoms with Crippen molar-refractivity contribution >= 4 is 51.2 Å². The molecule has 1 aromatic carbocycles. The lowest BCUT2D eigenvalue weighted by molar-refractivity contribution is 0.0599. The topological polar surface area (TPSA) is 35.5 Å². The van der Waals surface area contributed by atoms with Crippen LogP contribution in [-0.2, 0) is 4.74 Å². The second-order valence-electron chi connectivity index (χ2n) is 2.46. The van der Waals surface area contributed by atoms with Crippen molar-refractivity contribution in [1.29, 1.82) is 0 Å². The Labute approximate surface area is 109 Å². The number of ether oxygens (including phenoxy) is 2. The minimum atomic E-state index is -0.324. The van der Waals surface area contributed by atoms with Gasteiger partial charge in [-0.05, 0) is 57.3 Å². The van der Waals surface area contributed by atoms with Crippen LogP contribution in [0.2, 0.25) is 0 Å². The van der Waals surface area contributed by atoms with Crippen LogP contribution in [0.15, 0.2) is 12.1 Å². The average Bonchev–Trinajstić information content (AvgIpc) is 2.19. The van der Waals surface area contributed by atoms with Crippen LogP contribution in [0.3, 0.4) is 0 Å². The molecule has 0 saturated carbocycles. The predicted molar refractivity (Wildman–Crippen MR) is 69.8 cm³/mol. The molecular formula is C9H8I2O3. The standard InChI is InChI=1S/C9H8I2O3/c1-13-8-4-6(10)5(3-7(8)11)9(12)14-2/h3-4H,1-2H3. The number of hydrogen-bond donors (Lipinski definition) is 0. The molecule has 0 radical (unpaired) electrons. The van der Waals surface area contributed by atoms with E-state index in [1.807, 2.05) is 6.07 Å². The first kappa shape index (κ1) is 12.0. The molecule has 76 valence electrons. The molecule has 0 amide bonds.